The molecule has 0 aliphatic rings. The van der Waals surface area contributed by atoms with Crippen LogP contribution in [0, 0.1) is 13.8 Å². The topological polar surface area (TPSA) is 43.0 Å². The Balaban J connectivity index is 2.51. The SMILES string of the molecule is CCNC(c1cc(C)oc1C)c1c(Br)cnn1CC. The van der Waals surface area contributed by atoms with Crippen LogP contribution in [-0.4, -0.2) is 16.3 Å². The molecule has 0 bridgehead atoms. The van der Waals surface area contributed by atoms with E-state index in [1.54, 1.807) is 0 Å². The zero-order chi connectivity index (χ0) is 14.0. The third kappa shape index (κ3) is 2.77. The van der Waals surface area contributed by atoms with E-state index in [0.717, 1.165) is 34.8 Å². The summed E-state index contributed by atoms with van der Waals surface area (Å²) < 4.78 is 8.71. The van der Waals surface area contributed by atoms with Crippen LogP contribution >= 0.6 is 15.9 Å². The summed E-state index contributed by atoms with van der Waals surface area (Å²) in [6.07, 6.45) is 1.85. The van der Waals surface area contributed by atoms with Gasteiger partial charge >= 0.3 is 0 Å². The summed E-state index contributed by atoms with van der Waals surface area (Å²) in [5, 5.41) is 7.92. The van der Waals surface area contributed by atoms with Gasteiger partial charge in [0.15, 0.2) is 0 Å². The summed E-state index contributed by atoms with van der Waals surface area (Å²) in [4.78, 5) is 0. The maximum Gasteiger partial charge on any atom is 0.106 e. The monoisotopic (exact) mass is 325 g/mol. The summed E-state index contributed by atoms with van der Waals surface area (Å²) in [6, 6.07) is 2.20. The molecular weight excluding hydrogens is 306 g/mol. The lowest BCUT2D eigenvalue weighted by Crippen LogP contribution is -2.25. The highest BCUT2D eigenvalue weighted by Gasteiger charge is 2.24. The second-order valence-corrected chi connectivity index (χ2v) is 5.41. The lowest BCUT2D eigenvalue weighted by molar-refractivity contribution is 0.488. The van der Waals surface area contributed by atoms with Crippen molar-refractivity contribution in [2.24, 2.45) is 0 Å². The molecule has 0 saturated heterocycles. The smallest absolute Gasteiger partial charge is 0.106 e. The van der Waals surface area contributed by atoms with E-state index >= 15 is 0 Å². The molecule has 19 heavy (non-hydrogen) atoms. The molecule has 0 aliphatic heterocycles. The molecule has 0 amide bonds. The van der Waals surface area contributed by atoms with Gasteiger partial charge in [0.25, 0.3) is 0 Å². The second kappa shape index (κ2) is 5.92. The highest BCUT2D eigenvalue weighted by molar-refractivity contribution is 9.10. The molecule has 0 spiro atoms. The number of rotatable bonds is 5. The molecule has 1 N–H and O–H groups in total. The predicted molar refractivity (Wildman–Crippen MR) is 79.3 cm³/mol. The van der Waals surface area contributed by atoms with Gasteiger partial charge in [-0.25, -0.2) is 0 Å². The van der Waals surface area contributed by atoms with Crippen molar-refractivity contribution in [2.45, 2.75) is 40.3 Å². The lowest BCUT2D eigenvalue weighted by Gasteiger charge is -2.19. The fourth-order valence-electron chi connectivity index (χ4n) is 2.41. The Kier molecular flexibility index (Phi) is 4.47. The molecule has 0 fully saturated rings. The molecule has 5 heteroatoms. The van der Waals surface area contributed by atoms with E-state index in [9.17, 15) is 0 Å². The minimum atomic E-state index is 0.0966. The van der Waals surface area contributed by atoms with Crippen molar-refractivity contribution >= 4 is 15.9 Å². The maximum absolute atomic E-state index is 5.67. The van der Waals surface area contributed by atoms with Gasteiger partial charge in [-0.1, -0.05) is 6.92 Å². The largest absolute Gasteiger partial charge is 0.466 e. The van der Waals surface area contributed by atoms with E-state index in [1.807, 2.05) is 24.7 Å². The molecule has 0 radical (unpaired) electrons. The normalized spacial score (nSPS) is 12.9. The van der Waals surface area contributed by atoms with Crippen LogP contribution in [0.25, 0.3) is 0 Å². The lowest BCUT2D eigenvalue weighted by atomic mass is 10.0. The third-order valence-corrected chi connectivity index (χ3v) is 3.82. The van der Waals surface area contributed by atoms with E-state index in [-0.39, 0.29) is 6.04 Å². The highest BCUT2D eigenvalue weighted by Crippen LogP contribution is 2.31. The Bertz CT molecular complexity index is 559. The predicted octanol–water partition coefficient (Wildman–Crippen LogP) is 3.57. The van der Waals surface area contributed by atoms with Crippen molar-refractivity contribution in [1.29, 1.82) is 0 Å². The Morgan fingerprint density at radius 3 is 2.68 bits per heavy atom. The Labute approximate surface area is 122 Å². The molecule has 1 atom stereocenters. The van der Waals surface area contributed by atoms with Gasteiger partial charge in [0.1, 0.15) is 11.5 Å². The molecule has 4 nitrogen and oxygen atoms in total. The number of aryl methyl sites for hydroxylation is 3. The summed E-state index contributed by atoms with van der Waals surface area (Å²) in [5.74, 6) is 1.90. The summed E-state index contributed by atoms with van der Waals surface area (Å²) in [6.45, 7) is 9.92. The summed E-state index contributed by atoms with van der Waals surface area (Å²) in [5.41, 5.74) is 2.32. The summed E-state index contributed by atoms with van der Waals surface area (Å²) in [7, 11) is 0. The highest BCUT2D eigenvalue weighted by atomic mass is 79.9. The molecule has 0 aliphatic carbocycles. The Morgan fingerprint density at radius 1 is 1.42 bits per heavy atom. The van der Waals surface area contributed by atoms with Gasteiger partial charge in [-0.15, -0.1) is 0 Å². The molecule has 2 aromatic rings. The first-order valence-electron chi connectivity index (χ1n) is 6.60. The van der Waals surface area contributed by atoms with E-state index in [2.05, 4.69) is 46.3 Å². The van der Waals surface area contributed by atoms with Crippen molar-refractivity contribution in [3.05, 3.63) is 39.5 Å². The van der Waals surface area contributed by atoms with Crippen LogP contribution < -0.4 is 5.32 Å². The van der Waals surface area contributed by atoms with E-state index in [0.29, 0.717) is 0 Å². The number of halogens is 1. The molecule has 2 heterocycles. The fourth-order valence-corrected chi connectivity index (χ4v) is 2.93. The van der Waals surface area contributed by atoms with Crippen molar-refractivity contribution < 1.29 is 4.42 Å². The van der Waals surface area contributed by atoms with Crippen LogP contribution in [0.2, 0.25) is 0 Å². The molecule has 2 rings (SSSR count). The van der Waals surface area contributed by atoms with Crippen LogP contribution in [0.1, 0.15) is 42.7 Å². The van der Waals surface area contributed by atoms with Gasteiger partial charge in [-0.05, 0) is 49.3 Å². The number of aromatic nitrogens is 2. The van der Waals surface area contributed by atoms with E-state index in [4.69, 9.17) is 4.42 Å². The first-order chi connectivity index (χ1) is 9.08. The number of nitrogens with one attached hydrogen (secondary N) is 1. The van der Waals surface area contributed by atoms with Crippen molar-refractivity contribution in [2.75, 3.05) is 6.54 Å². The van der Waals surface area contributed by atoms with Gasteiger partial charge in [-0.2, -0.15) is 5.10 Å². The first-order valence-corrected chi connectivity index (χ1v) is 7.39. The first kappa shape index (κ1) is 14.3. The van der Waals surface area contributed by atoms with Gasteiger partial charge < -0.3 is 9.73 Å². The van der Waals surface area contributed by atoms with Crippen LogP contribution in [0.5, 0.6) is 0 Å². The molecule has 0 saturated carbocycles. The standard InChI is InChI=1S/C14H20BrN3O/c1-5-16-13(11-7-9(3)19-10(11)4)14-12(15)8-17-18(14)6-2/h7-8,13,16H,5-6H2,1-4H3. The molecule has 0 aromatic carbocycles. The number of hydrogen-bond acceptors (Lipinski definition) is 3. The quantitative estimate of drug-likeness (QED) is 0.913. The van der Waals surface area contributed by atoms with Crippen LogP contribution in [0.4, 0.5) is 0 Å². The molecule has 2 aromatic heterocycles. The fraction of sp³-hybridized carbons (Fsp3) is 0.500. The van der Waals surface area contributed by atoms with Crippen molar-refractivity contribution in [1.82, 2.24) is 15.1 Å². The van der Waals surface area contributed by atoms with Crippen LogP contribution in [-0.2, 0) is 6.54 Å². The van der Waals surface area contributed by atoms with E-state index in [1.165, 1.54) is 5.56 Å². The maximum atomic E-state index is 5.67. The van der Waals surface area contributed by atoms with Gasteiger partial charge in [0.05, 0.1) is 22.4 Å². The van der Waals surface area contributed by atoms with Crippen LogP contribution in [0.3, 0.4) is 0 Å². The minimum Gasteiger partial charge on any atom is -0.466 e. The third-order valence-electron chi connectivity index (χ3n) is 3.20. The van der Waals surface area contributed by atoms with Crippen molar-refractivity contribution in [3.8, 4) is 0 Å². The number of nitrogens with zero attached hydrogens (tertiary/aromatic N) is 2. The average Bonchev–Trinajstić information content (AvgIpc) is 2.89. The Morgan fingerprint density at radius 2 is 2.16 bits per heavy atom. The molecule has 1 unspecified atom stereocenters. The van der Waals surface area contributed by atoms with Crippen molar-refractivity contribution in [3.63, 3.8) is 0 Å². The van der Waals surface area contributed by atoms with Gasteiger partial charge in [0, 0.05) is 12.1 Å². The van der Waals surface area contributed by atoms with Gasteiger partial charge in [0.2, 0.25) is 0 Å². The second-order valence-electron chi connectivity index (χ2n) is 4.55. The molecular formula is C14H20BrN3O. The molecule has 104 valence electrons. The minimum absolute atomic E-state index is 0.0966. The van der Waals surface area contributed by atoms with Gasteiger partial charge in [-0.3, -0.25) is 4.68 Å². The number of hydrogen-bond donors (Lipinski definition) is 1. The zero-order valence-corrected chi connectivity index (χ0v) is 13.4. The average molecular weight is 326 g/mol. The van der Waals surface area contributed by atoms with Crippen LogP contribution in [0.15, 0.2) is 21.2 Å². The summed E-state index contributed by atoms with van der Waals surface area (Å²) >= 11 is 3.60. The Hall–Kier alpha value is -1.07. The van der Waals surface area contributed by atoms with E-state index < -0.39 is 0 Å². The zero-order valence-electron chi connectivity index (χ0n) is 11.8. The number of furan rings is 1.